The first kappa shape index (κ1) is 22.1. The van der Waals surface area contributed by atoms with Crippen LogP contribution in [0, 0.1) is 13.8 Å². The van der Waals surface area contributed by atoms with E-state index in [4.69, 9.17) is 0 Å². The van der Waals surface area contributed by atoms with Gasteiger partial charge in [-0.2, -0.15) is 0 Å². The number of amides is 1. The van der Waals surface area contributed by atoms with E-state index < -0.39 is 10.0 Å². The molecule has 0 unspecified atom stereocenters. The molecule has 0 saturated heterocycles. The van der Waals surface area contributed by atoms with Crippen molar-refractivity contribution in [1.82, 2.24) is 10.0 Å². The first-order valence-corrected chi connectivity index (χ1v) is 10.1. The zero-order chi connectivity index (χ0) is 19.6. The lowest BCUT2D eigenvalue weighted by Gasteiger charge is -2.09. The van der Waals surface area contributed by atoms with E-state index in [0.29, 0.717) is 13.0 Å². The highest BCUT2D eigenvalue weighted by Crippen LogP contribution is 2.14. The summed E-state index contributed by atoms with van der Waals surface area (Å²) in [5.41, 5.74) is 1.92. The Balaban J connectivity index is 2.24. The second kappa shape index (κ2) is 10.9. The minimum Gasteiger partial charge on any atom is -0.469 e. The van der Waals surface area contributed by atoms with Crippen LogP contribution in [0.5, 0.6) is 0 Å². The Morgan fingerprint density at radius 2 is 1.73 bits per heavy atom. The summed E-state index contributed by atoms with van der Waals surface area (Å²) >= 11 is 0. The van der Waals surface area contributed by atoms with Crippen molar-refractivity contribution >= 4 is 21.9 Å². The summed E-state index contributed by atoms with van der Waals surface area (Å²) in [7, 11) is -2.25. The first-order chi connectivity index (χ1) is 12.3. The maximum Gasteiger partial charge on any atom is 0.305 e. The number of rotatable bonds is 11. The van der Waals surface area contributed by atoms with E-state index in [0.717, 1.165) is 30.4 Å². The maximum absolute atomic E-state index is 12.2. The molecule has 146 valence electrons. The van der Waals surface area contributed by atoms with Gasteiger partial charge in [-0.05, 0) is 49.9 Å². The Morgan fingerprint density at radius 3 is 2.38 bits per heavy atom. The number of sulfonamides is 1. The van der Waals surface area contributed by atoms with Crippen LogP contribution in [-0.2, 0) is 24.3 Å². The van der Waals surface area contributed by atoms with Crippen LogP contribution in [0.25, 0.3) is 0 Å². The van der Waals surface area contributed by atoms with E-state index in [1.54, 1.807) is 18.2 Å². The summed E-state index contributed by atoms with van der Waals surface area (Å²) < 4.78 is 31.4. The highest BCUT2D eigenvalue weighted by atomic mass is 32.2. The molecule has 7 nitrogen and oxygen atoms in total. The third kappa shape index (κ3) is 7.97. The fourth-order valence-electron chi connectivity index (χ4n) is 2.25. The lowest BCUT2D eigenvalue weighted by atomic mass is 10.1. The molecule has 1 amide bonds. The van der Waals surface area contributed by atoms with Gasteiger partial charge in [0.2, 0.25) is 15.9 Å². The molecular weight excluding hydrogens is 356 g/mol. The molecule has 0 spiro atoms. The van der Waals surface area contributed by atoms with E-state index in [1.165, 1.54) is 7.11 Å². The summed E-state index contributed by atoms with van der Waals surface area (Å²) in [6.07, 6.45) is 2.75. The van der Waals surface area contributed by atoms with Crippen LogP contribution in [0.4, 0.5) is 0 Å². The van der Waals surface area contributed by atoms with E-state index in [1.807, 2.05) is 13.8 Å². The Morgan fingerprint density at radius 1 is 1.00 bits per heavy atom. The van der Waals surface area contributed by atoms with Crippen molar-refractivity contribution in [3.05, 3.63) is 29.3 Å². The molecular formula is C18H28N2O5S. The number of carbonyl (C=O) groups is 2. The molecule has 0 aliphatic heterocycles. The molecule has 0 saturated carbocycles. The van der Waals surface area contributed by atoms with Gasteiger partial charge in [0.1, 0.15) is 0 Å². The largest absolute Gasteiger partial charge is 0.469 e. The lowest BCUT2D eigenvalue weighted by molar-refractivity contribution is -0.140. The fourth-order valence-corrected chi connectivity index (χ4v) is 3.37. The van der Waals surface area contributed by atoms with Crippen molar-refractivity contribution in [2.45, 2.75) is 50.8 Å². The molecule has 0 aliphatic carbocycles. The first-order valence-electron chi connectivity index (χ1n) is 8.66. The number of unbranched alkanes of at least 4 members (excludes halogenated alkanes) is 2. The maximum atomic E-state index is 12.2. The molecule has 1 aromatic rings. The monoisotopic (exact) mass is 384 g/mol. The smallest absolute Gasteiger partial charge is 0.305 e. The number of methoxy groups -OCH3 is 1. The van der Waals surface area contributed by atoms with E-state index >= 15 is 0 Å². The Bertz CT molecular complexity index is 716. The summed E-state index contributed by atoms with van der Waals surface area (Å²) in [4.78, 5) is 22.9. The molecule has 0 heterocycles. The van der Waals surface area contributed by atoms with Crippen molar-refractivity contribution < 1.29 is 22.7 Å². The SMILES string of the molecule is COC(=O)CCCCCNC(=O)CCNS(=O)(=O)c1ccc(C)c(C)c1. The molecule has 0 bridgehead atoms. The number of hydrogen-bond acceptors (Lipinski definition) is 5. The molecule has 0 atom stereocenters. The normalized spacial score (nSPS) is 11.2. The number of hydrogen-bond donors (Lipinski definition) is 2. The minimum absolute atomic E-state index is 0.0451. The van der Waals surface area contributed by atoms with Crippen molar-refractivity contribution in [1.29, 1.82) is 0 Å². The average Bonchev–Trinajstić information content (AvgIpc) is 2.59. The number of nitrogens with one attached hydrogen (secondary N) is 2. The van der Waals surface area contributed by atoms with Gasteiger partial charge in [-0.15, -0.1) is 0 Å². The van der Waals surface area contributed by atoms with Crippen molar-refractivity contribution in [3.8, 4) is 0 Å². The number of esters is 1. The molecule has 26 heavy (non-hydrogen) atoms. The molecule has 0 radical (unpaired) electrons. The highest BCUT2D eigenvalue weighted by Gasteiger charge is 2.14. The molecule has 0 aromatic heterocycles. The van der Waals surface area contributed by atoms with Crippen LogP contribution in [0.3, 0.4) is 0 Å². The molecule has 0 aliphatic rings. The summed E-state index contributed by atoms with van der Waals surface area (Å²) in [6, 6.07) is 4.93. The van der Waals surface area contributed by atoms with E-state index in [2.05, 4.69) is 14.8 Å². The van der Waals surface area contributed by atoms with Crippen molar-refractivity contribution in [3.63, 3.8) is 0 Å². The summed E-state index contributed by atoms with van der Waals surface area (Å²) in [5, 5.41) is 2.74. The van der Waals surface area contributed by atoms with Crippen LogP contribution in [0.2, 0.25) is 0 Å². The van der Waals surface area contributed by atoms with Crippen LogP contribution in [-0.4, -0.2) is 40.5 Å². The molecule has 1 aromatic carbocycles. The lowest BCUT2D eigenvalue weighted by Crippen LogP contribution is -2.31. The van der Waals surface area contributed by atoms with Crippen molar-refractivity contribution in [2.24, 2.45) is 0 Å². The second-order valence-corrected chi connectivity index (χ2v) is 7.90. The molecule has 2 N–H and O–H groups in total. The van der Waals surface area contributed by atoms with Gasteiger partial charge in [-0.25, -0.2) is 13.1 Å². The highest BCUT2D eigenvalue weighted by molar-refractivity contribution is 7.89. The van der Waals surface area contributed by atoms with Crippen molar-refractivity contribution in [2.75, 3.05) is 20.2 Å². The van der Waals surface area contributed by atoms with Gasteiger partial charge in [0.15, 0.2) is 0 Å². The van der Waals surface area contributed by atoms with Gasteiger partial charge in [0, 0.05) is 25.9 Å². The summed E-state index contributed by atoms with van der Waals surface area (Å²) in [5.74, 6) is -0.439. The topological polar surface area (TPSA) is 102 Å². The van der Waals surface area contributed by atoms with Gasteiger partial charge in [-0.1, -0.05) is 12.5 Å². The standard InChI is InChI=1S/C18H28N2O5S/c1-14-8-9-16(13-15(14)2)26(23,24)20-12-10-17(21)19-11-6-4-5-7-18(22)25-3/h8-9,13,20H,4-7,10-12H2,1-3H3,(H,19,21). The van der Waals surface area contributed by atoms with Gasteiger partial charge in [0.25, 0.3) is 0 Å². The number of carbonyl (C=O) groups excluding carboxylic acids is 2. The molecule has 8 heteroatoms. The molecule has 1 rings (SSSR count). The fraction of sp³-hybridized carbons (Fsp3) is 0.556. The average molecular weight is 384 g/mol. The van der Waals surface area contributed by atoms with Gasteiger partial charge >= 0.3 is 5.97 Å². The van der Waals surface area contributed by atoms with Gasteiger partial charge in [0.05, 0.1) is 12.0 Å². The van der Waals surface area contributed by atoms with E-state index in [-0.39, 0.29) is 29.7 Å². The van der Waals surface area contributed by atoms with Gasteiger partial charge < -0.3 is 10.1 Å². The van der Waals surface area contributed by atoms with Crippen LogP contribution < -0.4 is 10.0 Å². The minimum atomic E-state index is -3.61. The molecule has 0 fully saturated rings. The zero-order valence-electron chi connectivity index (χ0n) is 15.6. The second-order valence-electron chi connectivity index (χ2n) is 6.13. The predicted octanol–water partition coefficient (Wildman–Crippen LogP) is 1.82. The van der Waals surface area contributed by atoms with E-state index in [9.17, 15) is 18.0 Å². The third-order valence-electron chi connectivity index (χ3n) is 4.04. The number of ether oxygens (including phenoxy) is 1. The Hall–Kier alpha value is -1.93. The Labute approximate surface area is 155 Å². The summed E-state index contributed by atoms with van der Waals surface area (Å²) in [6.45, 7) is 4.32. The van der Waals surface area contributed by atoms with Gasteiger partial charge in [-0.3, -0.25) is 9.59 Å². The van der Waals surface area contributed by atoms with Crippen LogP contribution >= 0.6 is 0 Å². The predicted molar refractivity (Wildman–Crippen MR) is 99.2 cm³/mol. The zero-order valence-corrected chi connectivity index (χ0v) is 16.4. The quantitative estimate of drug-likeness (QED) is 0.448. The number of aryl methyl sites for hydroxylation is 2. The Kier molecular flexibility index (Phi) is 9.29. The number of benzene rings is 1. The van der Waals surface area contributed by atoms with Crippen LogP contribution in [0.1, 0.15) is 43.2 Å². The third-order valence-corrected chi connectivity index (χ3v) is 5.50. The van der Waals surface area contributed by atoms with Crippen LogP contribution in [0.15, 0.2) is 23.1 Å².